The van der Waals surface area contributed by atoms with Crippen molar-refractivity contribution in [1.29, 1.82) is 0 Å². The molecule has 0 fully saturated rings. The summed E-state index contributed by atoms with van der Waals surface area (Å²) in [5.41, 5.74) is 12.5. The van der Waals surface area contributed by atoms with Crippen LogP contribution in [0.15, 0.2) is 120 Å². The Balaban J connectivity index is 1.36. The second-order valence-corrected chi connectivity index (χ2v) is 18.7. The Bertz CT molecular complexity index is 3100. The molecule has 0 atom stereocenters. The lowest BCUT2D eigenvalue weighted by molar-refractivity contribution is 0.569. The molecule has 0 aliphatic heterocycles. The molecule has 286 valence electrons. The maximum atomic E-state index is 8.43. The Morgan fingerprint density at radius 1 is 0.596 bits per heavy atom. The number of aryl methyl sites for hydroxylation is 1. The van der Waals surface area contributed by atoms with Gasteiger partial charge in [0.2, 0.25) is 0 Å². The highest BCUT2D eigenvalue weighted by atomic mass is 16.3. The van der Waals surface area contributed by atoms with Gasteiger partial charge in [-0.2, -0.15) is 0 Å². The van der Waals surface area contributed by atoms with Gasteiger partial charge in [0.05, 0.1) is 22.3 Å². The largest absolute Gasteiger partial charge is 0.455 e. The molecule has 0 radical (unpaired) electrons. The number of hydrogen-bond acceptors (Lipinski definition) is 2. The molecule has 2 heterocycles. The first kappa shape index (κ1) is 33.5. The van der Waals surface area contributed by atoms with E-state index < -0.39 is 6.85 Å². The Kier molecular flexibility index (Phi) is 7.75. The third-order valence-corrected chi connectivity index (χ3v) is 11.9. The van der Waals surface area contributed by atoms with Gasteiger partial charge >= 0.3 is 0 Å². The summed E-state index contributed by atoms with van der Waals surface area (Å²) in [7, 11) is 0. The molecule has 0 saturated carbocycles. The van der Waals surface area contributed by atoms with E-state index in [0.29, 0.717) is 5.82 Å². The van der Waals surface area contributed by atoms with E-state index in [1.807, 2.05) is 12.1 Å². The number of fused-ring (bicyclic) bond motifs is 7. The van der Waals surface area contributed by atoms with Crippen molar-refractivity contribution in [3.63, 3.8) is 0 Å². The van der Waals surface area contributed by atoms with E-state index >= 15 is 0 Å². The first-order valence-corrected chi connectivity index (χ1v) is 20.4. The van der Waals surface area contributed by atoms with Gasteiger partial charge in [0, 0.05) is 14.9 Å². The lowest BCUT2D eigenvalue weighted by Crippen LogP contribution is -2.16. The van der Waals surface area contributed by atoms with Gasteiger partial charge in [-0.3, -0.25) is 4.57 Å². The van der Waals surface area contributed by atoms with Gasteiger partial charge in [0.15, 0.2) is 0 Å². The zero-order valence-corrected chi connectivity index (χ0v) is 34.9. The third kappa shape index (κ3) is 6.23. The SMILES string of the molecule is [2H]C([2H])([2H])c1ccc2nc(-c3cccc4c3oc3cc5c(ccc6ccccc65)cc34)n(-c3c(C(C)C)cc(-c4cc(C(C)(C)C)cc(C(C)(C)C)c4)cc3C(C)C)c2c1. The van der Waals surface area contributed by atoms with Crippen LogP contribution >= 0.6 is 0 Å². The van der Waals surface area contributed by atoms with E-state index in [9.17, 15) is 0 Å². The van der Waals surface area contributed by atoms with Gasteiger partial charge in [0.25, 0.3) is 0 Å². The lowest BCUT2D eigenvalue weighted by atomic mass is 9.78. The number of benzene rings is 7. The molecule has 0 spiro atoms. The van der Waals surface area contributed by atoms with Crippen molar-refractivity contribution in [2.45, 2.75) is 98.8 Å². The molecular weight excluding hydrogens is 693 g/mol. The van der Waals surface area contributed by atoms with Gasteiger partial charge in [0.1, 0.15) is 17.0 Å². The minimum absolute atomic E-state index is 0.0268. The zero-order chi connectivity index (χ0) is 42.6. The molecule has 0 N–H and O–H groups in total. The van der Waals surface area contributed by atoms with Crippen LogP contribution < -0.4 is 0 Å². The predicted molar refractivity (Wildman–Crippen MR) is 245 cm³/mol. The number of rotatable bonds is 5. The van der Waals surface area contributed by atoms with E-state index in [1.165, 1.54) is 44.2 Å². The van der Waals surface area contributed by atoms with Crippen molar-refractivity contribution in [2.75, 3.05) is 0 Å². The van der Waals surface area contributed by atoms with Crippen LogP contribution in [0.25, 0.3) is 82.7 Å². The molecule has 0 bridgehead atoms. The van der Waals surface area contributed by atoms with E-state index in [0.717, 1.165) is 55.0 Å². The Labute approximate surface area is 341 Å². The van der Waals surface area contributed by atoms with E-state index in [1.54, 1.807) is 6.07 Å². The number of aromatic nitrogens is 2. The first-order chi connectivity index (χ1) is 28.3. The maximum Gasteiger partial charge on any atom is 0.149 e. The smallest absolute Gasteiger partial charge is 0.149 e. The summed E-state index contributed by atoms with van der Waals surface area (Å²) in [4.78, 5) is 5.38. The number of furan rings is 1. The fourth-order valence-corrected chi connectivity index (χ4v) is 8.60. The highest BCUT2D eigenvalue weighted by molar-refractivity contribution is 6.17. The molecule has 0 saturated heterocycles. The van der Waals surface area contributed by atoms with E-state index in [4.69, 9.17) is 13.5 Å². The normalized spacial score (nSPS) is 13.8. The first-order valence-electron chi connectivity index (χ1n) is 21.9. The van der Waals surface area contributed by atoms with Gasteiger partial charge in [-0.25, -0.2) is 4.98 Å². The fraction of sp³-hybridized carbons (Fsp3) is 0.278. The molecule has 7 aromatic carbocycles. The van der Waals surface area contributed by atoms with Crippen LogP contribution in [0, 0.1) is 6.85 Å². The lowest BCUT2D eigenvalue weighted by Gasteiger charge is -2.28. The second-order valence-electron chi connectivity index (χ2n) is 18.7. The standard InChI is InChI=1S/C54H54N2O/c1-31(2)43-27-37(36-24-38(53(6,7)8)29-39(25-36)54(9,10)11)28-44(32(3)4)50(43)56-48-23-33(5)19-22-47(48)55-52(56)42-18-14-17-41-46-26-35-21-20-34-15-12-13-16-40(34)45(35)30-49(46)57-51(41)42/h12-32H,1-11H3/i5D3. The molecule has 9 rings (SSSR count). The topological polar surface area (TPSA) is 31.0 Å². The van der Waals surface area contributed by atoms with Gasteiger partial charge in [-0.1, -0.05) is 142 Å². The molecule has 9 aromatic rings. The van der Waals surface area contributed by atoms with Crippen LogP contribution in [0.5, 0.6) is 0 Å². The van der Waals surface area contributed by atoms with E-state index in [-0.39, 0.29) is 28.2 Å². The monoisotopic (exact) mass is 749 g/mol. The van der Waals surface area contributed by atoms with Crippen molar-refractivity contribution in [3.05, 3.63) is 143 Å². The minimum Gasteiger partial charge on any atom is -0.455 e. The molecule has 0 unspecified atom stereocenters. The molecule has 0 amide bonds. The molecule has 3 heteroatoms. The predicted octanol–water partition coefficient (Wildman–Crippen LogP) is 15.7. The fourth-order valence-electron chi connectivity index (χ4n) is 8.60. The summed E-state index contributed by atoms with van der Waals surface area (Å²) >= 11 is 0. The molecule has 3 nitrogen and oxygen atoms in total. The number of hydrogen-bond donors (Lipinski definition) is 0. The summed E-state index contributed by atoms with van der Waals surface area (Å²) in [6.45, 7) is 20.4. The summed E-state index contributed by atoms with van der Waals surface area (Å²) in [5.74, 6) is 0.977. The summed E-state index contributed by atoms with van der Waals surface area (Å²) in [5, 5.41) is 6.74. The summed E-state index contributed by atoms with van der Waals surface area (Å²) in [6.07, 6.45) is 0. The maximum absolute atomic E-state index is 8.43. The van der Waals surface area contributed by atoms with Gasteiger partial charge in [-0.05, 0) is 132 Å². The number of imidazole rings is 1. The van der Waals surface area contributed by atoms with E-state index in [2.05, 4.69) is 171 Å². The van der Waals surface area contributed by atoms with Crippen molar-refractivity contribution < 1.29 is 8.53 Å². The Hall–Kier alpha value is -5.67. The van der Waals surface area contributed by atoms with Crippen LogP contribution in [0.1, 0.15) is 113 Å². The van der Waals surface area contributed by atoms with Gasteiger partial charge < -0.3 is 4.42 Å². The number of para-hydroxylation sites is 1. The van der Waals surface area contributed by atoms with Gasteiger partial charge in [-0.15, -0.1) is 0 Å². The Morgan fingerprint density at radius 2 is 1.25 bits per heavy atom. The quantitative estimate of drug-likeness (QED) is 0.164. The molecule has 0 aliphatic carbocycles. The summed E-state index contributed by atoms with van der Waals surface area (Å²) < 4.78 is 34.5. The third-order valence-electron chi connectivity index (χ3n) is 11.9. The van der Waals surface area contributed by atoms with Crippen molar-refractivity contribution in [1.82, 2.24) is 9.55 Å². The molecule has 0 aliphatic rings. The Morgan fingerprint density at radius 3 is 1.91 bits per heavy atom. The average molecular weight is 750 g/mol. The van der Waals surface area contributed by atoms with Crippen molar-refractivity contribution in [3.8, 4) is 28.2 Å². The van der Waals surface area contributed by atoms with Crippen LogP contribution in [0.4, 0.5) is 0 Å². The van der Waals surface area contributed by atoms with Crippen LogP contribution in [0.2, 0.25) is 0 Å². The van der Waals surface area contributed by atoms with Crippen molar-refractivity contribution >= 4 is 54.5 Å². The van der Waals surface area contributed by atoms with Crippen LogP contribution in [0.3, 0.4) is 0 Å². The zero-order valence-electron chi connectivity index (χ0n) is 37.9. The highest BCUT2D eigenvalue weighted by Gasteiger charge is 2.27. The van der Waals surface area contributed by atoms with Crippen LogP contribution in [-0.4, -0.2) is 9.55 Å². The molecule has 57 heavy (non-hydrogen) atoms. The highest BCUT2D eigenvalue weighted by Crippen LogP contribution is 2.44. The molecular formula is C54H54N2O. The summed E-state index contributed by atoms with van der Waals surface area (Å²) in [6, 6.07) is 40.8. The van der Waals surface area contributed by atoms with Crippen molar-refractivity contribution in [2.24, 2.45) is 0 Å². The molecule has 2 aromatic heterocycles. The minimum atomic E-state index is -2.29. The number of nitrogens with zero attached hydrogens (tertiary/aromatic N) is 2. The van der Waals surface area contributed by atoms with Crippen LogP contribution in [-0.2, 0) is 10.8 Å². The second kappa shape index (κ2) is 13.2. The average Bonchev–Trinajstić information content (AvgIpc) is 3.76.